The molecule has 0 bridgehead atoms. The monoisotopic (exact) mass is 286 g/mol. The average molecular weight is 286 g/mol. The van der Waals surface area contributed by atoms with Crippen molar-refractivity contribution in [2.75, 3.05) is 31.2 Å². The minimum absolute atomic E-state index is 0.0486. The highest BCUT2D eigenvalue weighted by atomic mass is 32.2. The van der Waals surface area contributed by atoms with Crippen molar-refractivity contribution in [3.8, 4) is 5.75 Å². The number of non-ortho nitro benzene ring substituents is 1. The molecule has 0 aliphatic heterocycles. The number of nitro benzene ring substituents is 1. The van der Waals surface area contributed by atoms with Gasteiger partial charge in [-0.05, 0) is 12.1 Å². The van der Waals surface area contributed by atoms with Crippen LogP contribution in [0.5, 0.6) is 5.75 Å². The third-order valence-corrected chi connectivity index (χ3v) is 3.73. The first kappa shape index (κ1) is 15.6. The van der Waals surface area contributed by atoms with Gasteiger partial charge in [0.05, 0.1) is 4.92 Å². The molecule has 0 heterocycles. The van der Waals surface area contributed by atoms with Gasteiger partial charge in [-0.15, -0.1) is 0 Å². The molecule has 1 aromatic carbocycles. The second kappa shape index (κ2) is 8.60. The summed E-state index contributed by atoms with van der Waals surface area (Å²) in [4.78, 5) is 10.0. The fourth-order valence-electron chi connectivity index (χ4n) is 1.36. The Morgan fingerprint density at radius 3 is 2.58 bits per heavy atom. The largest absolute Gasteiger partial charge is 0.492 e. The highest BCUT2D eigenvalue weighted by molar-refractivity contribution is 7.84. The van der Waals surface area contributed by atoms with Crippen molar-refractivity contribution in [2.24, 2.45) is 0 Å². The Bertz CT molecular complexity index is 422. The smallest absolute Gasteiger partial charge is 0.269 e. The van der Waals surface area contributed by atoms with Crippen molar-refractivity contribution in [2.45, 2.75) is 6.92 Å². The molecule has 0 aliphatic carbocycles. The van der Waals surface area contributed by atoms with Crippen LogP contribution in [0.2, 0.25) is 0 Å². The van der Waals surface area contributed by atoms with Gasteiger partial charge in [-0.1, -0.05) is 6.92 Å². The molecule has 0 aliphatic rings. The lowest BCUT2D eigenvalue weighted by Gasteiger charge is -2.07. The summed E-state index contributed by atoms with van der Waals surface area (Å²) in [5, 5.41) is 13.6. The van der Waals surface area contributed by atoms with Crippen LogP contribution in [-0.2, 0) is 10.8 Å². The van der Waals surface area contributed by atoms with Crippen molar-refractivity contribution in [1.82, 2.24) is 5.32 Å². The van der Waals surface area contributed by atoms with Crippen LogP contribution >= 0.6 is 0 Å². The Labute approximate surface area is 114 Å². The van der Waals surface area contributed by atoms with Crippen LogP contribution in [0.25, 0.3) is 0 Å². The zero-order valence-corrected chi connectivity index (χ0v) is 11.6. The molecule has 7 heteroatoms. The number of ether oxygens (including phenoxy) is 1. The van der Waals surface area contributed by atoms with Crippen molar-refractivity contribution < 1.29 is 13.9 Å². The zero-order chi connectivity index (χ0) is 14.1. The topological polar surface area (TPSA) is 81.5 Å². The second-order valence-electron chi connectivity index (χ2n) is 3.78. The highest BCUT2D eigenvalue weighted by Gasteiger charge is 2.03. The predicted octanol–water partition coefficient (Wildman–Crippen LogP) is 1.33. The molecule has 6 nitrogen and oxygen atoms in total. The molecule has 0 aromatic heterocycles. The first-order valence-corrected chi connectivity index (χ1v) is 7.55. The van der Waals surface area contributed by atoms with E-state index < -0.39 is 15.7 Å². The maximum Gasteiger partial charge on any atom is 0.269 e. The zero-order valence-electron chi connectivity index (χ0n) is 10.8. The molecular weight excluding hydrogens is 268 g/mol. The summed E-state index contributed by atoms with van der Waals surface area (Å²) in [6.45, 7) is 3.71. The normalized spacial score (nSPS) is 12.1. The van der Waals surface area contributed by atoms with Gasteiger partial charge >= 0.3 is 0 Å². The maximum absolute atomic E-state index is 11.1. The molecule has 1 N–H and O–H groups in total. The van der Waals surface area contributed by atoms with E-state index in [-0.39, 0.29) is 5.69 Å². The Kier molecular flexibility index (Phi) is 7.06. The Morgan fingerprint density at radius 1 is 1.32 bits per heavy atom. The molecule has 1 atom stereocenters. The predicted molar refractivity (Wildman–Crippen MR) is 75.0 cm³/mol. The number of nitro groups is 1. The molecular formula is C12H18N2O4S. The SMILES string of the molecule is CCS(=O)CCNCCOc1ccc([N+](=O)[O-])cc1. The first-order valence-electron chi connectivity index (χ1n) is 6.06. The summed E-state index contributed by atoms with van der Waals surface area (Å²) in [6, 6.07) is 5.97. The molecule has 0 amide bonds. The van der Waals surface area contributed by atoms with E-state index in [4.69, 9.17) is 4.74 Å². The molecule has 0 saturated heterocycles. The summed E-state index contributed by atoms with van der Waals surface area (Å²) >= 11 is 0. The van der Waals surface area contributed by atoms with Gasteiger partial charge in [-0.2, -0.15) is 0 Å². The van der Waals surface area contributed by atoms with Crippen LogP contribution in [-0.4, -0.2) is 40.3 Å². The lowest BCUT2D eigenvalue weighted by Crippen LogP contribution is -2.25. The Balaban J connectivity index is 2.15. The number of nitrogens with zero attached hydrogens (tertiary/aromatic N) is 1. The number of nitrogens with one attached hydrogen (secondary N) is 1. The Morgan fingerprint density at radius 2 is 2.00 bits per heavy atom. The van der Waals surface area contributed by atoms with E-state index in [2.05, 4.69) is 5.32 Å². The van der Waals surface area contributed by atoms with Gasteiger partial charge in [0.15, 0.2) is 0 Å². The van der Waals surface area contributed by atoms with E-state index in [1.165, 1.54) is 12.1 Å². The number of hydrogen-bond donors (Lipinski definition) is 1. The van der Waals surface area contributed by atoms with Crippen molar-refractivity contribution >= 4 is 16.5 Å². The first-order chi connectivity index (χ1) is 9.13. The van der Waals surface area contributed by atoms with E-state index in [1.807, 2.05) is 6.92 Å². The molecule has 1 aromatic rings. The lowest BCUT2D eigenvalue weighted by molar-refractivity contribution is -0.384. The van der Waals surface area contributed by atoms with Gasteiger partial charge in [0.2, 0.25) is 0 Å². The van der Waals surface area contributed by atoms with Crippen LogP contribution in [0.15, 0.2) is 24.3 Å². The molecule has 0 fully saturated rings. The lowest BCUT2D eigenvalue weighted by atomic mass is 10.3. The van der Waals surface area contributed by atoms with E-state index >= 15 is 0 Å². The standard InChI is InChI=1S/C12H18N2O4S/c1-2-19(17)10-8-13-7-9-18-12-5-3-11(4-6-12)14(15)16/h3-6,13H,2,7-10H2,1H3. The van der Waals surface area contributed by atoms with E-state index in [0.29, 0.717) is 37.0 Å². The van der Waals surface area contributed by atoms with Gasteiger partial charge in [-0.25, -0.2) is 0 Å². The van der Waals surface area contributed by atoms with Crippen molar-refractivity contribution in [1.29, 1.82) is 0 Å². The Hall–Kier alpha value is -1.47. The summed E-state index contributed by atoms with van der Waals surface area (Å²) < 4.78 is 16.6. The second-order valence-corrected chi connectivity index (χ2v) is 5.65. The third-order valence-electron chi connectivity index (χ3n) is 2.42. The summed E-state index contributed by atoms with van der Waals surface area (Å²) in [7, 11) is -0.743. The molecule has 1 unspecified atom stereocenters. The van der Waals surface area contributed by atoms with Crippen LogP contribution in [0.4, 0.5) is 5.69 Å². The van der Waals surface area contributed by atoms with E-state index in [1.54, 1.807) is 12.1 Å². The summed E-state index contributed by atoms with van der Waals surface area (Å²) in [6.07, 6.45) is 0. The molecule has 0 radical (unpaired) electrons. The van der Waals surface area contributed by atoms with Gasteiger partial charge < -0.3 is 10.1 Å². The van der Waals surface area contributed by atoms with Crippen molar-refractivity contribution in [3.05, 3.63) is 34.4 Å². The minimum atomic E-state index is -0.743. The van der Waals surface area contributed by atoms with Gasteiger partial charge in [0, 0.05) is 47.5 Å². The van der Waals surface area contributed by atoms with Crippen LogP contribution in [0.3, 0.4) is 0 Å². The third kappa shape index (κ3) is 6.30. The number of benzene rings is 1. The minimum Gasteiger partial charge on any atom is -0.492 e. The highest BCUT2D eigenvalue weighted by Crippen LogP contribution is 2.16. The van der Waals surface area contributed by atoms with Crippen LogP contribution in [0.1, 0.15) is 6.92 Å². The molecule has 19 heavy (non-hydrogen) atoms. The van der Waals surface area contributed by atoms with Crippen LogP contribution < -0.4 is 10.1 Å². The van der Waals surface area contributed by atoms with Crippen molar-refractivity contribution in [3.63, 3.8) is 0 Å². The quantitative estimate of drug-likeness (QED) is 0.421. The molecule has 0 spiro atoms. The maximum atomic E-state index is 11.1. The van der Waals surface area contributed by atoms with Gasteiger partial charge in [0.25, 0.3) is 5.69 Å². The number of rotatable bonds is 9. The van der Waals surface area contributed by atoms with Crippen LogP contribution in [0, 0.1) is 10.1 Å². The molecule has 0 saturated carbocycles. The molecule has 1 rings (SSSR count). The van der Waals surface area contributed by atoms with Gasteiger partial charge in [0.1, 0.15) is 12.4 Å². The average Bonchev–Trinajstić information content (AvgIpc) is 2.42. The van der Waals surface area contributed by atoms with E-state index in [0.717, 1.165) is 0 Å². The molecule has 106 valence electrons. The summed E-state index contributed by atoms with van der Waals surface area (Å²) in [5.41, 5.74) is 0.0486. The number of hydrogen-bond acceptors (Lipinski definition) is 5. The summed E-state index contributed by atoms with van der Waals surface area (Å²) in [5.74, 6) is 1.93. The fraction of sp³-hybridized carbons (Fsp3) is 0.500. The van der Waals surface area contributed by atoms with E-state index in [9.17, 15) is 14.3 Å². The fourth-order valence-corrected chi connectivity index (χ4v) is 2.02. The van der Waals surface area contributed by atoms with Gasteiger partial charge in [-0.3, -0.25) is 14.3 Å².